The number of nitrogen functional groups attached to an aromatic ring is 1. The number of aromatic nitrogens is 6. The van der Waals surface area contributed by atoms with Crippen molar-refractivity contribution < 1.29 is 13.9 Å². The Labute approximate surface area is 229 Å². The first-order valence-corrected chi connectivity index (χ1v) is 14.0. The van der Waals surface area contributed by atoms with Crippen molar-refractivity contribution in [2.45, 2.75) is 26.2 Å². The average Bonchev–Trinajstić information content (AvgIpc) is 3.70. The number of piperazine rings is 1. The molecule has 1 atom stereocenters. The van der Waals surface area contributed by atoms with Gasteiger partial charge in [0.2, 0.25) is 17.7 Å². The highest BCUT2D eigenvalue weighted by atomic mass is 32.1. The van der Waals surface area contributed by atoms with Crippen molar-refractivity contribution in [1.29, 1.82) is 0 Å². The second kappa shape index (κ2) is 10.8. The van der Waals surface area contributed by atoms with E-state index >= 15 is 0 Å². The van der Waals surface area contributed by atoms with Gasteiger partial charge in [-0.05, 0) is 37.8 Å². The summed E-state index contributed by atoms with van der Waals surface area (Å²) in [6.45, 7) is 8.59. The Hall–Kier alpha value is -3.78. The molecule has 2 saturated heterocycles. The van der Waals surface area contributed by atoms with E-state index in [1.807, 2.05) is 6.92 Å². The Morgan fingerprint density at radius 2 is 2.00 bits per heavy atom. The van der Waals surface area contributed by atoms with E-state index in [1.54, 1.807) is 29.7 Å². The maximum absolute atomic E-state index is 11.7. The zero-order valence-corrected chi connectivity index (χ0v) is 22.9. The van der Waals surface area contributed by atoms with Gasteiger partial charge in [0.05, 0.1) is 25.5 Å². The fourth-order valence-electron chi connectivity index (χ4n) is 5.25. The highest BCUT2D eigenvalue weighted by Gasteiger charge is 2.28. The molecule has 2 aliphatic rings. The van der Waals surface area contributed by atoms with Crippen LogP contribution in [0.3, 0.4) is 0 Å². The normalized spacial score (nSPS) is 18.7. The largest absolute Gasteiger partial charge is 0.469 e. The number of aryl methyl sites for hydroxylation is 1. The standard InChI is InChI=1S/C25H32N10O3S/c1-16-18(13-20(36)37-2)27-25(39-16)33-10-8-32(9-11-33)14-17-5-3-7-34(15-17)23-29-22(26)35-24(30-23)28-21(31-35)19-6-4-12-38-19/h4,6,12,17H,3,5,7-11,13-15H2,1-2H3,(H2,26,28,29,30,31)/t17-/m0/s1. The number of thiazole rings is 1. The zero-order chi connectivity index (χ0) is 26.9. The van der Waals surface area contributed by atoms with Crippen LogP contribution in [0.5, 0.6) is 0 Å². The van der Waals surface area contributed by atoms with Crippen molar-refractivity contribution in [2.24, 2.45) is 5.92 Å². The van der Waals surface area contributed by atoms with E-state index in [2.05, 4.69) is 34.8 Å². The van der Waals surface area contributed by atoms with Gasteiger partial charge < -0.3 is 24.7 Å². The molecule has 39 heavy (non-hydrogen) atoms. The molecule has 2 aliphatic heterocycles. The molecule has 13 nitrogen and oxygen atoms in total. The molecule has 0 amide bonds. The summed E-state index contributed by atoms with van der Waals surface area (Å²) in [5, 5.41) is 5.38. The van der Waals surface area contributed by atoms with Gasteiger partial charge in [-0.25, -0.2) is 4.98 Å². The molecule has 4 aromatic heterocycles. The van der Waals surface area contributed by atoms with E-state index in [1.165, 1.54) is 18.0 Å². The Morgan fingerprint density at radius 3 is 2.77 bits per heavy atom. The third kappa shape index (κ3) is 5.39. The Balaban J connectivity index is 1.06. The molecule has 2 N–H and O–H groups in total. The lowest BCUT2D eigenvalue weighted by molar-refractivity contribution is -0.139. The molecular formula is C25H32N10O3S. The number of nitrogens with two attached hydrogens (primary N) is 1. The first-order valence-electron chi connectivity index (χ1n) is 13.2. The number of piperidine rings is 1. The number of furan rings is 1. The molecule has 0 unspecified atom stereocenters. The Morgan fingerprint density at radius 1 is 1.15 bits per heavy atom. The van der Waals surface area contributed by atoms with Crippen LogP contribution in [0.15, 0.2) is 22.8 Å². The molecule has 2 fully saturated rings. The molecule has 206 valence electrons. The number of esters is 1. The molecule has 0 aromatic carbocycles. The van der Waals surface area contributed by atoms with Gasteiger partial charge in [0.1, 0.15) is 0 Å². The summed E-state index contributed by atoms with van der Waals surface area (Å²) >= 11 is 1.65. The summed E-state index contributed by atoms with van der Waals surface area (Å²) in [5.74, 6) is 2.51. The van der Waals surface area contributed by atoms with Crippen LogP contribution in [0, 0.1) is 12.8 Å². The zero-order valence-electron chi connectivity index (χ0n) is 22.1. The summed E-state index contributed by atoms with van der Waals surface area (Å²) in [6.07, 6.45) is 4.05. The number of ether oxygens (including phenoxy) is 1. The van der Waals surface area contributed by atoms with Crippen LogP contribution in [-0.4, -0.2) is 93.3 Å². The van der Waals surface area contributed by atoms with Crippen molar-refractivity contribution in [2.75, 3.05) is 68.5 Å². The number of anilines is 3. The molecule has 0 bridgehead atoms. The van der Waals surface area contributed by atoms with E-state index in [-0.39, 0.29) is 18.3 Å². The minimum Gasteiger partial charge on any atom is -0.469 e. The predicted molar refractivity (Wildman–Crippen MR) is 147 cm³/mol. The highest BCUT2D eigenvalue weighted by molar-refractivity contribution is 7.15. The summed E-state index contributed by atoms with van der Waals surface area (Å²) < 4.78 is 11.7. The number of hydrogen-bond donors (Lipinski definition) is 1. The van der Waals surface area contributed by atoms with Crippen LogP contribution in [0.4, 0.5) is 17.0 Å². The lowest BCUT2D eigenvalue weighted by Crippen LogP contribution is -2.49. The Bertz CT molecular complexity index is 1440. The molecule has 14 heteroatoms. The monoisotopic (exact) mass is 552 g/mol. The van der Waals surface area contributed by atoms with E-state index in [9.17, 15) is 4.79 Å². The van der Waals surface area contributed by atoms with Gasteiger partial charge in [-0.3, -0.25) is 9.69 Å². The van der Waals surface area contributed by atoms with Crippen LogP contribution in [-0.2, 0) is 16.0 Å². The van der Waals surface area contributed by atoms with Gasteiger partial charge in [-0.2, -0.15) is 19.5 Å². The van der Waals surface area contributed by atoms with Crippen molar-refractivity contribution in [3.63, 3.8) is 0 Å². The Kier molecular flexibility index (Phi) is 7.04. The summed E-state index contributed by atoms with van der Waals surface area (Å²) in [4.78, 5) is 38.3. The molecule has 0 radical (unpaired) electrons. The second-order valence-corrected chi connectivity index (χ2v) is 11.2. The first-order chi connectivity index (χ1) is 19.0. The number of nitrogens with zero attached hydrogens (tertiary/aromatic N) is 9. The second-order valence-electron chi connectivity index (χ2n) is 10.0. The predicted octanol–water partition coefficient (Wildman–Crippen LogP) is 1.88. The van der Waals surface area contributed by atoms with E-state index in [0.29, 0.717) is 29.2 Å². The summed E-state index contributed by atoms with van der Waals surface area (Å²) in [5.41, 5.74) is 7.04. The van der Waals surface area contributed by atoms with Crippen molar-refractivity contribution in [3.05, 3.63) is 29.0 Å². The van der Waals surface area contributed by atoms with Crippen LogP contribution in [0.25, 0.3) is 17.4 Å². The number of carbonyl (C=O) groups is 1. The molecule has 6 rings (SSSR count). The SMILES string of the molecule is COC(=O)Cc1nc(N2CCN(C[C@@H]3CCCN(c4nc(N)n5nc(-c6ccco6)nc5n4)C3)CC2)sc1C. The summed E-state index contributed by atoms with van der Waals surface area (Å²) in [7, 11) is 1.41. The van der Waals surface area contributed by atoms with E-state index < -0.39 is 0 Å². The van der Waals surface area contributed by atoms with Gasteiger partial charge in [-0.1, -0.05) is 0 Å². The molecular weight excluding hydrogens is 520 g/mol. The van der Waals surface area contributed by atoms with E-state index in [4.69, 9.17) is 19.9 Å². The fraction of sp³-hybridized carbons (Fsp3) is 0.520. The van der Waals surface area contributed by atoms with Gasteiger partial charge in [0, 0.05) is 50.7 Å². The van der Waals surface area contributed by atoms with Crippen LogP contribution >= 0.6 is 11.3 Å². The number of hydrogen-bond acceptors (Lipinski definition) is 13. The maximum Gasteiger partial charge on any atom is 0.311 e. The lowest BCUT2D eigenvalue weighted by Gasteiger charge is -2.39. The van der Waals surface area contributed by atoms with Crippen LogP contribution in [0.2, 0.25) is 0 Å². The molecule has 4 aromatic rings. The van der Waals surface area contributed by atoms with Gasteiger partial charge in [0.25, 0.3) is 5.78 Å². The van der Waals surface area contributed by atoms with Crippen molar-refractivity contribution in [1.82, 2.24) is 34.4 Å². The van der Waals surface area contributed by atoms with Gasteiger partial charge in [0.15, 0.2) is 10.9 Å². The quantitative estimate of drug-likeness (QED) is 0.334. The number of fused-ring (bicyclic) bond motifs is 1. The van der Waals surface area contributed by atoms with Gasteiger partial charge >= 0.3 is 5.97 Å². The third-order valence-corrected chi connectivity index (χ3v) is 8.42. The fourth-order valence-corrected chi connectivity index (χ4v) is 6.23. The van der Waals surface area contributed by atoms with Gasteiger partial charge in [-0.15, -0.1) is 16.4 Å². The summed E-state index contributed by atoms with van der Waals surface area (Å²) in [6, 6.07) is 3.59. The number of rotatable bonds is 7. The number of carbonyl (C=O) groups excluding carboxylic acids is 1. The highest BCUT2D eigenvalue weighted by Crippen LogP contribution is 2.28. The lowest BCUT2D eigenvalue weighted by atomic mass is 9.97. The van der Waals surface area contributed by atoms with Crippen molar-refractivity contribution >= 4 is 40.1 Å². The molecule has 0 saturated carbocycles. The molecule has 0 spiro atoms. The topological polar surface area (TPSA) is 144 Å². The first kappa shape index (κ1) is 25.5. The number of methoxy groups -OCH3 is 1. The van der Waals surface area contributed by atoms with Crippen molar-refractivity contribution in [3.8, 4) is 11.6 Å². The molecule has 6 heterocycles. The maximum atomic E-state index is 11.7. The third-order valence-electron chi connectivity index (χ3n) is 7.35. The molecule has 0 aliphatic carbocycles. The minimum atomic E-state index is -0.255. The van der Waals surface area contributed by atoms with Crippen LogP contribution in [0.1, 0.15) is 23.4 Å². The van der Waals surface area contributed by atoms with E-state index in [0.717, 1.165) is 67.9 Å². The average molecular weight is 553 g/mol. The minimum absolute atomic E-state index is 0.224. The van der Waals surface area contributed by atoms with Crippen LogP contribution < -0.4 is 15.5 Å². The smallest absolute Gasteiger partial charge is 0.311 e.